The normalized spacial score (nSPS) is 12.1. The van der Waals surface area contributed by atoms with Crippen molar-refractivity contribution in [3.05, 3.63) is 0 Å². The van der Waals surface area contributed by atoms with Crippen molar-refractivity contribution in [3.63, 3.8) is 0 Å². The number of carboxylic acids is 1. The van der Waals surface area contributed by atoms with Gasteiger partial charge in [0, 0.05) is 6.54 Å². The fourth-order valence-corrected chi connectivity index (χ4v) is 2.03. The van der Waals surface area contributed by atoms with Crippen molar-refractivity contribution in [2.75, 3.05) is 12.3 Å². The first-order chi connectivity index (χ1) is 7.33. The second-order valence-electron chi connectivity index (χ2n) is 3.53. The summed E-state index contributed by atoms with van der Waals surface area (Å²) in [6.07, 6.45) is 0.655. The molecule has 0 saturated heterocycles. The summed E-state index contributed by atoms with van der Waals surface area (Å²) in [5, 5.41) is 17.3. The second kappa shape index (κ2) is 5.82. The third-order valence-electron chi connectivity index (χ3n) is 2.69. The fourth-order valence-electron chi connectivity index (χ4n) is 1.26. The van der Waals surface area contributed by atoms with E-state index in [2.05, 4.69) is 4.72 Å². The van der Waals surface area contributed by atoms with Crippen molar-refractivity contribution in [3.8, 4) is 6.07 Å². The van der Waals surface area contributed by atoms with Crippen LogP contribution in [0.25, 0.3) is 0 Å². The molecule has 0 spiro atoms. The van der Waals surface area contributed by atoms with Gasteiger partial charge in [-0.1, -0.05) is 13.8 Å². The number of hydrogen-bond acceptors (Lipinski definition) is 4. The maximum atomic E-state index is 11.2. The van der Waals surface area contributed by atoms with E-state index >= 15 is 0 Å². The monoisotopic (exact) mass is 248 g/mol. The van der Waals surface area contributed by atoms with Gasteiger partial charge in [0.05, 0.1) is 11.5 Å². The maximum absolute atomic E-state index is 11.2. The number of sulfonamides is 1. The first-order valence-corrected chi connectivity index (χ1v) is 6.56. The fraction of sp³-hybridized carbons (Fsp3) is 0.778. The average molecular weight is 248 g/mol. The summed E-state index contributed by atoms with van der Waals surface area (Å²) in [7, 11) is -3.69. The van der Waals surface area contributed by atoms with Gasteiger partial charge < -0.3 is 5.11 Å². The minimum Gasteiger partial charge on any atom is -0.481 e. The van der Waals surface area contributed by atoms with E-state index in [0.29, 0.717) is 12.8 Å². The van der Waals surface area contributed by atoms with Crippen LogP contribution in [0.3, 0.4) is 0 Å². The Balaban J connectivity index is 4.70. The minimum atomic E-state index is -3.69. The van der Waals surface area contributed by atoms with Crippen LogP contribution in [0.2, 0.25) is 0 Å². The van der Waals surface area contributed by atoms with Crippen LogP contribution >= 0.6 is 0 Å². The van der Waals surface area contributed by atoms with E-state index in [-0.39, 0.29) is 6.54 Å². The van der Waals surface area contributed by atoms with Crippen LogP contribution in [0, 0.1) is 16.7 Å². The summed E-state index contributed by atoms with van der Waals surface area (Å²) in [6.45, 7) is 3.20. The zero-order chi connectivity index (χ0) is 12.8. The summed E-state index contributed by atoms with van der Waals surface area (Å²) in [6, 6.07) is 1.51. The summed E-state index contributed by atoms with van der Waals surface area (Å²) < 4.78 is 24.6. The van der Waals surface area contributed by atoms with Crippen molar-refractivity contribution in [1.82, 2.24) is 4.72 Å². The molecule has 0 heterocycles. The summed E-state index contributed by atoms with van der Waals surface area (Å²) in [4.78, 5) is 11.1. The lowest BCUT2D eigenvalue weighted by Crippen LogP contribution is -2.42. The van der Waals surface area contributed by atoms with Gasteiger partial charge in [-0.2, -0.15) is 5.26 Å². The van der Waals surface area contributed by atoms with E-state index in [1.54, 1.807) is 13.8 Å². The van der Waals surface area contributed by atoms with Crippen LogP contribution < -0.4 is 4.72 Å². The van der Waals surface area contributed by atoms with Crippen LogP contribution in [0.1, 0.15) is 26.7 Å². The number of hydrogen-bond donors (Lipinski definition) is 2. The quantitative estimate of drug-likeness (QED) is 0.674. The Kier molecular flexibility index (Phi) is 5.41. The number of nitrogens with one attached hydrogen (secondary N) is 1. The van der Waals surface area contributed by atoms with E-state index in [0.717, 1.165) is 0 Å². The second-order valence-corrected chi connectivity index (χ2v) is 5.34. The Bertz CT molecular complexity index is 379. The number of carbonyl (C=O) groups is 1. The molecule has 0 aromatic heterocycles. The molecule has 0 unspecified atom stereocenters. The molecule has 0 aromatic rings. The van der Waals surface area contributed by atoms with E-state index in [9.17, 15) is 13.2 Å². The predicted molar refractivity (Wildman–Crippen MR) is 58.1 cm³/mol. The third kappa shape index (κ3) is 3.79. The van der Waals surface area contributed by atoms with Crippen molar-refractivity contribution in [2.45, 2.75) is 26.7 Å². The highest BCUT2D eigenvalue weighted by Crippen LogP contribution is 2.25. The van der Waals surface area contributed by atoms with Gasteiger partial charge >= 0.3 is 5.97 Å². The Morgan fingerprint density at radius 2 is 1.94 bits per heavy atom. The van der Waals surface area contributed by atoms with Gasteiger partial charge in [-0.3, -0.25) is 4.79 Å². The molecule has 16 heavy (non-hydrogen) atoms. The summed E-state index contributed by atoms with van der Waals surface area (Å²) in [5.74, 6) is -1.69. The minimum absolute atomic E-state index is 0.181. The zero-order valence-electron chi connectivity index (χ0n) is 9.36. The highest BCUT2D eigenvalue weighted by molar-refractivity contribution is 7.89. The molecule has 0 saturated carbocycles. The van der Waals surface area contributed by atoms with E-state index in [4.69, 9.17) is 10.4 Å². The van der Waals surface area contributed by atoms with Gasteiger partial charge in [0.15, 0.2) is 5.75 Å². The van der Waals surface area contributed by atoms with E-state index in [1.165, 1.54) is 6.07 Å². The van der Waals surface area contributed by atoms with Crippen molar-refractivity contribution in [2.24, 2.45) is 5.41 Å². The largest absolute Gasteiger partial charge is 0.481 e. The molecule has 0 aliphatic rings. The molecule has 0 aliphatic carbocycles. The van der Waals surface area contributed by atoms with Crippen molar-refractivity contribution < 1.29 is 18.3 Å². The molecule has 0 bridgehead atoms. The van der Waals surface area contributed by atoms with E-state index < -0.39 is 27.2 Å². The van der Waals surface area contributed by atoms with Crippen LogP contribution in [-0.4, -0.2) is 31.8 Å². The highest BCUT2D eigenvalue weighted by atomic mass is 32.2. The average Bonchev–Trinajstić information content (AvgIpc) is 2.19. The van der Waals surface area contributed by atoms with Crippen LogP contribution in [0.15, 0.2) is 0 Å². The standard InChI is InChI=1S/C9H16N2O4S/c1-3-9(4-2,8(12)13)7-11-16(14,15)6-5-10/h11H,3-4,6-7H2,1-2H3,(H,12,13). The molecule has 0 fully saturated rings. The van der Waals surface area contributed by atoms with Gasteiger partial charge in [-0.05, 0) is 12.8 Å². The molecule has 0 atom stereocenters. The lowest BCUT2D eigenvalue weighted by molar-refractivity contribution is -0.149. The summed E-state index contributed by atoms with van der Waals surface area (Å²) >= 11 is 0. The number of nitrogens with zero attached hydrogens (tertiary/aromatic N) is 1. The molecule has 0 rings (SSSR count). The zero-order valence-corrected chi connectivity index (χ0v) is 10.2. The first-order valence-electron chi connectivity index (χ1n) is 4.91. The van der Waals surface area contributed by atoms with Gasteiger partial charge in [0.1, 0.15) is 0 Å². The number of rotatable bonds is 7. The molecular weight excluding hydrogens is 232 g/mol. The predicted octanol–water partition coefficient (Wildman–Crippen LogP) is 0.320. The van der Waals surface area contributed by atoms with Gasteiger partial charge in [-0.15, -0.1) is 0 Å². The smallest absolute Gasteiger partial charge is 0.310 e. The van der Waals surface area contributed by atoms with E-state index in [1.807, 2.05) is 0 Å². The van der Waals surface area contributed by atoms with Gasteiger partial charge in [-0.25, -0.2) is 13.1 Å². The highest BCUT2D eigenvalue weighted by Gasteiger charge is 2.35. The van der Waals surface area contributed by atoms with Gasteiger partial charge in [0.25, 0.3) is 0 Å². The van der Waals surface area contributed by atoms with Crippen LogP contribution in [0.5, 0.6) is 0 Å². The molecule has 0 radical (unpaired) electrons. The molecular formula is C9H16N2O4S. The Morgan fingerprint density at radius 1 is 1.44 bits per heavy atom. The van der Waals surface area contributed by atoms with Crippen molar-refractivity contribution >= 4 is 16.0 Å². The molecule has 0 amide bonds. The molecule has 0 aliphatic heterocycles. The number of aliphatic carboxylic acids is 1. The molecule has 6 nitrogen and oxygen atoms in total. The SMILES string of the molecule is CCC(CC)(CNS(=O)(=O)CC#N)C(=O)O. The maximum Gasteiger partial charge on any atom is 0.310 e. The van der Waals surface area contributed by atoms with Crippen LogP contribution in [-0.2, 0) is 14.8 Å². The van der Waals surface area contributed by atoms with Crippen molar-refractivity contribution in [1.29, 1.82) is 5.26 Å². The Morgan fingerprint density at radius 3 is 2.25 bits per heavy atom. The lowest BCUT2D eigenvalue weighted by atomic mass is 9.83. The third-order valence-corrected chi connectivity index (χ3v) is 3.79. The topological polar surface area (TPSA) is 107 Å². The molecule has 2 N–H and O–H groups in total. The lowest BCUT2D eigenvalue weighted by Gasteiger charge is -2.26. The van der Waals surface area contributed by atoms with Crippen LogP contribution in [0.4, 0.5) is 0 Å². The summed E-state index contributed by atoms with van der Waals surface area (Å²) in [5.41, 5.74) is -1.09. The first kappa shape index (κ1) is 14.9. The molecule has 7 heteroatoms. The number of nitriles is 1. The number of carboxylic acid groups (broad SMARTS) is 1. The Hall–Kier alpha value is -1.13. The molecule has 0 aromatic carbocycles. The molecule has 92 valence electrons. The van der Waals surface area contributed by atoms with Gasteiger partial charge in [0.2, 0.25) is 10.0 Å². The Labute approximate surface area is 95.3 Å².